The number of aromatic hydroxyl groups is 1. The number of carbonyl (C=O) groups is 2. The molecule has 0 fully saturated rings. The molecule has 1 aromatic heterocycles. The topological polar surface area (TPSA) is 107 Å². The Kier molecular flexibility index (Phi) is 5.46. The molecule has 0 atom stereocenters. The highest BCUT2D eigenvalue weighted by molar-refractivity contribution is 6.32. The first-order valence-corrected chi connectivity index (χ1v) is 10.6. The van der Waals surface area contributed by atoms with Gasteiger partial charge in [0.1, 0.15) is 17.3 Å². The number of hydrogen-bond donors (Lipinski definition) is 4. The number of fused-ring (bicyclic) bond motifs is 2. The number of phenols is 1. The lowest BCUT2D eigenvalue weighted by Gasteiger charge is -2.30. The fourth-order valence-electron chi connectivity index (χ4n) is 3.76. The zero-order valence-corrected chi connectivity index (χ0v) is 18.3. The molecule has 5 rings (SSSR count). The molecule has 0 saturated heterocycles. The largest absolute Gasteiger partial charge is 0.506 e. The zero-order chi connectivity index (χ0) is 23.8. The number of nitrogens with zero attached hydrogens (tertiary/aromatic N) is 1. The number of urea groups is 1. The average Bonchev–Trinajstić information content (AvgIpc) is 3.28. The summed E-state index contributed by atoms with van der Waals surface area (Å²) in [6.45, 7) is -0.459. The smallest absolute Gasteiger partial charge is 0.323 e. The SMILES string of the molecule is O=C(Nc1ccc2c(c1)OCC(=O)N2Cc1c(F)ccc(O)c1Cl)Nc1ccc2cc[nH]c2c1. The minimum atomic E-state index is -0.642. The van der Waals surface area contributed by atoms with Crippen molar-refractivity contribution in [3.05, 3.63) is 77.2 Å². The summed E-state index contributed by atoms with van der Waals surface area (Å²) in [6.07, 6.45) is 1.82. The lowest BCUT2D eigenvalue weighted by atomic mass is 10.1. The first-order chi connectivity index (χ1) is 16.4. The van der Waals surface area contributed by atoms with Crippen molar-refractivity contribution in [2.75, 3.05) is 22.1 Å². The number of amides is 3. The van der Waals surface area contributed by atoms with Crippen LogP contribution in [0.15, 0.2) is 60.8 Å². The van der Waals surface area contributed by atoms with E-state index in [0.717, 1.165) is 23.0 Å². The first-order valence-electron chi connectivity index (χ1n) is 10.3. The number of nitrogens with one attached hydrogen (secondary N) is 3. The van der Waals surface area contributed by atoms with Gasteiger partial charge in [-0.3, -0.25) is 4.79 Å². The van der Waals surface area contributed by atoms with Crippen molar-refractivity contribution in [2.45, 2.75) is 6.54 Å². The molecule has 3 aromatic carbocycles. The summed E-state index contributed by atoms with van der Waals surface area (Å²) >= 11 is 6.05. The van der Waals surface area contributed by atoms with Crippen LogP contribution in [-0.4, -0.2) is 28.6 Å². The Morgan fingerprint density at radius 2 is 1.88 bits per heavy atom. The number of hydrogen-bond acceptors (Lipinski definition) is 4. The van der Waals surface area contributed by atoms with Gasteiger partial charge in [0.05, 0.1) is 17.3 Å². The molecule has 0 saturated carbocycles. The predicted molar refractivity (Wildman–Crippen MR) is 127 cm³/mol. The van der Waals surface area contributed by atoms with E-state index in [-0.39, 0.29) is 29.5 Å². The van der Waals surface area contributed by atoms with Crippen LogP contribution in [0.2, 0.25) is 5.02 Å². The second-order valence-corrected chi connectivity index (χ2v) is 8.05. The van der Waals surface area contributed by atoms with Crippen molar-refractivity contribution < 1.29 is 23.8 Å². The van der Waals surface area contributed by atoms with Gasteiger partial charge in [-0.1, -0.05) is 17.7 Å². The molecule has 3 amide bonds. The molecule has 34 heavy (non-hydrogen) atoms. The van der Waals surface area contributed by atoms with Crippen LogP contribution in [-0.2, 0) is 11.3 Å². The van der Waals surface area contributed by atoms with Crippen molar-refractivity contribution in [1.82, 2.24) is 4.98 Å². The number of benzene rings is 3. The van der Waals surface area contributed by atoms with E-state index in [9.17, 15) is 19.1 Å². The molecule has 1 aliphatic heterocycles. The fraction of sp³-hybridized carbons (Fsp3) is 0.0833. The highest BCUT2D eigenvalue weighted by Gasteiger charge is 2.28. The molecule has 0 unspecified atom stereocenters. The summed E-state index contributed by atoms with van der Waals surface area (Å²) in [4.78, 5) is 29.4. The van der Waals surface area contributed by atoms with Gasteiger partial charge < -0.3 is 30.4 Å². The molecule has 0 aliphatic carbocycles. The molecule has 2 heterocycles. The van der Waals surface area contributed by atoms with Crippen LogP contribution in [0.3, 0.4) is 0 Å². The third-order valence-electron chi connectivity index (χ3n) is 5.46. The van der Waals surface area contributed by atoms with E-state index in [1.807, 2.05) is 24.4 Å². The average molecular weight is 481 g/mol. The van der Waals surface area contributed by atoms with Crippen LogP contribution in [0.1, 0.15) is 5.56 Å². The maximum atomic E-state index is 14.3. The molecule has 4 aromatic rings. The van der Waals surface area contributed by atoms with Gasteiger partial charge in [0.25, 0.3) is 5.91 Å². The number of rotatable bonds is 4. The number of H-pyrrole nitrogens is 1. The van der Waals surface area contributed by atoms with E-state index in [0.29, 0.717) is 22.8 Å². The molecule has 172 valence electrons. The molecule has 4 N–H and O–H groups in total. The highest BCUT2D eigenvalue weighted by atomic mass is 35.5. The highest BCUT2D eigenvalue weighted by Crippen LogP contribution is 2.37. The predicted octanol–water partition coefficient (Wildman–Crippen LogP) is 5.24. The molecule has 0 spiro atoms. The number of ether oxygens (including phenoxy) is 1. The minimum absolute atomic E-state index is 0.0107. The quantitative estimate of drug-likeness (QED) is 0.320. The van der Waals surface area contributed by atoms with Gasteiger partial charge in [-0.25, -0.2) is 9.18 Å². The second kappa shape index (κ2) is 8.60. The van der Waals surface area contributed by atoms with E-state index in [1.54, 1.807) is 24.3 Å². The standard InChI is InChI=1S/C24H18ClFN4O4/c25-23-16(17(26)4-6-20(23)31)11-30-19-5-3-15(10-21(19)34-12-22(30)32)29-24(33)28-14-2-1-13-7-8-27-18(13)9-14/h1-10,27,31H,11-12H2,(H2,28,29,33). The van der Waals surface area contributed by atoms with Crippen LogP contribution in [0.4, 0.5) is 26.2 Å². The van der Waals surface area contributed by atoms with Crippen LogP contribution in [0.25, 0.3) is 10.9 Å². The Morgan fingerprint density at radius 3 is 2.71 bits per heavy atom. The van der Waals surface area contributed by atoms with E-state index in [4.69, 9.17) is 16.3 Å². The Balaban J connectivity index is 1.34. The van der Waals surface area contributed by atoms with Crippen molar-refractivity contribution in [1.29, 1.82) is 0 Å². The number of halogens is 2. The zero-order valence-electron chi connectivity index (χ0n) is 17.6. The monoisotopic (exact) mass is 480 g/mol. The van der Waals surface area contributed by atoms with Gasteiger partial charge in [0, 0.05) is 34.7 Å². The Hall–Kier alpha value is -4.24. The maximum absolute atomic E-state index is 14.3. The van der Waals surface area contributed by atoms with Gasteiger partial charge in [0.15, 0.2) is 6.61 Å². The maximum Gasteiger partial charge on any atom is 0.323 e. The van der Waals surface area contributed by atoms with Crippen molar-refractivity contribution in [2.24, 2.45) is 0 Å². The van der Waals surface area contributed by atoms with Gasteiger partial charge in [-0.15, -0.1) is 0 Å². The third-order valence-corrected chi connectivity index (χ3v) is 5.88. The van der Waals surface area contributed by atoms with Gasteiger partial charge >= 0.3 is 6.03 Å². The Morgan fingerprint density at radius 1 is 1.12 bits per heavy atom. The van der Waals surface area contributed by atoms with Crippen LogP contribution in [0, 0.1) is 5.82 Å². The summed E-state index contributed by atoms with van der Waals surface area (Å²) in [5.74, 6) is -0.984. The summed E-state index contributed by atoms with van der Waals surface area (Å²) in [6, 6.07) is 14.0. The van der Waals surface area contributed by atoms with E-state index >= 15 is 0 Å². The lowest BCUT2D eigenvalue weighted by Crippen LogP contribution is -2.38. The minimum Gasteiger partial charge on any atom is -0.506 e. The summed E-state index contributed by atoms with van der Waals surface area (Å²) in [5, 5.41) is 16.2. The van der Waals surface area contributed by atoms with Crippen molar-refractivity contribution in [3.8, 4) is 11.5 Å². The van der Waals surface area contributed by atoms with Crippen LogP contribution < -0.4 is 20.3 Å². The number of aromatic nitrogens is 1. The number of anilines is 3. The number of carbonyl (C=O) groups excluding carboxylic acids is 2. The second-order valence-electron chi connectivity index (χ2n) is 7.67. The fourth-order valence-corrected chi connectivity index (χ4v) is 3.98. The molecule has 10 heteroatoms. The van der Waals surface area contributed by atoms with Gasteiger partial charge in [-0.05, 0) is 47.9 Å². The molecule has 0 bridgehead atoms. The molecular weight excluding hydrogens is 463 g/mol. The first kappa shape index (κ1) is 21.6. The summed E-state index contributed by atoms with van der Waals surface area (Å²) in [7, 11) is 0. The molecule has 0 radical (unpaired) electrons. The van der Waals surface area contributed by atoms with E-state index in [2.05, 4.69) is 15.6 Å². The summed E-state index contributed by atoms with van der Waals surface area (Å²) in [5.41, 5.74) is 2.33. The molecule has 1 aliphatic rings. The van der Waals surface area contributed by atoms with Crippen LogP contribution >= 0.6 is 11.6 Å². The summed E-state index contributed by atoms with van der Waals surface area (Å²) < 4.78 is 19.8. The molecule has 8 nitrogen and oxygen atoms in total. The van der Waals surface area contributed by atoms with Crippen molar-refractivity contribution in [3.63, 3.8) is 0 Å². The number of aromatic amines is 1. The Labute approximate surface area is 197 Å². The van der Waals surface area contributed by atoms with E-state index < -0.39 is 17.8 Å². The third kappa shape index (κ3) is 4.08. The van der Waals surface area contributed by atoms with E-state index in [1.165, 1.54) is 4.90 Å². The van der Waals surface area contributed by atoms with Crippen LogP contribution in [0.5, 0.6) is 11.5 Å². The number of phenolic OH excluding ortho intramolecular Hbond substituents is 1. The van der Waals surface area contributed by atoms with Gasteiger partial charge in [0.2, 0.25) is 0 Å². The van der Waals surface area contributed by atoms with Crippen molar-refractivity contribution >= 4 is 51.5 Å². The van der Waals surface area contributed by atoms with Gasteiger partial charge in [-0.2, -0.15) is 0 Å². The lowest BCUT2D eigenvalue weighted by molar-refractivity contribution is -0.121. The Bertz CT molecular complexity index is 1440. The molecular formula is C24H18ClFN4O4. The normalized spacial score (nSPS) is 12.9.